The van der Waals surface area contributed by atoms with Gasteiger partial charge in [-0.3, -0.25) is 0 Å². The topological polar surface area (TPSA) is 38.9 Å². The summed E-state index contributed by atoms with van der Waals surface area (Å²) >= 11 is 1.42. The van der Waals surface area contributed by atoms with Gasteiger partial charge in [-0.05, 0) is 37.3 Å². The van der Waals surface area contributed by atoms with E-state index in [1.165, 1.54) is 23.9 Å². The van der Waals surface area contributed by atoms with Crippen molar-refractivity contribution in [1.29, 1.82) is 0 Å². The predicted molar refractivity (Wildman–Crippen MR) is 63.9 cm³/mol. The number of nitrogens with two attached hydrogens (primary N) is 1. The van der Waals surface area contributed by atoms with Crippen LogP contribution in [0.2, 0.25) is 0 Å². The molecule has 2 nitrogen and oxygen atoms in total. The Hall–Kier alpha value is -1.55. The number of benzene rings is 1. The molecule has 1 heterocycles. The fraction of sp³-hybridized carbons (Fsp3) is 0.0833. The molecule has 0 radical (unpaired) electrons. The minimum Gasteiger partial charge on any atom is -0.397 e. The molecule has 82 valence electrons. The van der Waals surface area contributed by atoms with E-state index in [1.807, 2.05) is 25.1 Å². The standard InChI is InChI=1S/C12H11FN2S/c1-8-11(14)5-6-12(15-8)16-10-4-2-3-9(13)7-10/h2-7H,14H2,1H3. The van der Waals surface area contributed by atoms with E-state index < -0.39 is 0 Å². The zero-order chi connectivity index (χ0) is 11.5. The first-order valence-electron chi connectivity index (χ1n) is 4.82. The Morgan fingerprint density at radius 1 is 1.25 bits per heavy atom. The molecule has 16 heavy (non-hydrogen) atoms. The summed E-state index contributed by atoms with van der Waals surface area (Å²) in [6.07, 6.45) is 0. The number of halogens is 1. The van der Waals surface area contributed by atoms with Crippen molar-refractivity contribution >= 4 is 17.4 Å². The fourth-order valence-corrected chi connectivity index (χ4v) is 2.14. The third-order valence-corrected chi connectivity index (χ3v) is 3.05. The number of rotatable bonds is 2. The monoisotopic (exact) mass is 234 g/mol. The summed E-state index contributed by atoms with van der Waals surface area (Å²) in [4.78, 5) is 5.14. The van der Waals surface area contributed by atoms with Crippen molar-refractivity contribution in [3.05, 3.63) is 47.9 Å². The van der Waals surface area contributed by atoms with Gasteiger partial charge in [-0.25, -0.2) is 9.37 Å². The summed E-state index contributed by atoms with van der Waals surface area (Å²) in [7, 11) is 0. The average molecular weight is 234 g/mol. The fourth-order valence-electron chi connectivity index (χ4n) is 1.26. The van der Waals surface area contributed by atoms with Crippen molar-refractivity contribution in [3.8, 4) is 0 Å². The maximum absolute atomic E-state index is 13.0. The van der Waals surface area contributed by atoms with Gasteiger partial charge in [0.05, 0.1) is 11.4 Å². The van der Waals surface area contributed by atoms with E-state index in [1.54, 1.807) is 6.07 Å². The molecule has 0 unspecified atom stereocenters. The van der Waals surface area contributed by atoms with Gasteiger partial charge in [0.2, 0.25) is 0 Å². The number of nitrogen functional groups attached to an aromatic ring is 1. The molecular formula is C12H11FN2S. The van der Waals surface area contributed by atoms with E-state index in [0.717, 1.165) is 15.6 Å². The number of aryl methyl sites for hydroxylation is 1. The van der Waals surface area contributed by atoms with Gasteiger partial charge in [0.15, 0.2) is 0 Å². The lowest BCUT2D eigenvalue weighted by molar-refractivity contribution is 0.624. The van der Waals surface area contributed by atoms with Crippen LogP contribution < -0.4 is 5.73 Å². The summed E-state index contributed by atoms with van der Waals surface area (Å²) in [6.45, 7) is 1.85. The van der Waals surface area contributed by atoms with Crippen LogP contribution in [0.4, 0.5) is 10.1 Å². The Balaban J connectivity index is 2.24. The van der Waals surface area contributed by atoms with E-state index in [2.05, 4.69) is 4.98 Å². The van der Waals surface area contributed by atoms with Crippen molar-refractivity contribution in [2.45, 2.75) is 16.8 Å². The van der Waals surface area contributed by atoms with Crippen LogP contribution in [0.3, 0.4) is 0 Å². The highest BCUT2D eigenvalue weighted by atomic mass is 32.2. The van der Waals surface area contributed by atoms with Gasteiger partial charge in [-0.15, -0.1) is 0 Å². The van der Waals surface area contributed by atoms with Gasteiger partial charge in [-0.2, -0.15) is 0 Å². The molecule has 4 heteroatoms. The first-order valence-corrected chi connectivity index (χ1v) is 5.63. The second-order valence-corrected chi connectivity index (χ2v) is 4.48. The van der Waals surface area contributed by atoms with E-state index in [4.69, 9.17) is 5.73 Å². The van der Waals surface area contributed by atoms with Crippen LogP contribution in [0.5, 0.6) is 0 Å². The second kappa shape index (κ2) is 4.53. The quantitative estimate of drug-likeness (QED) is 0.866. The van der Waals surface area contributed by atoms with E-state index in [-0.39, 0.29) is 5.82 Å². The summed E-state index contributed by atoms with van der Waals surface area (Å²) in [5.41, 5.74) is 7.14. The number of hydrogen-bond acceptors (Lipinski definition) is 3. The highest BCUT2D eigenvalue weighted by Crippen LogP contribution is 2.27. The molecule has 0 atom stereocenters. The first-order chi connectivity index (χ1) is 7.65. The minimum atomic E-state index is -0.239. The highest BCUT2D eigenvalue weighted by molar-refractivity contribution is 7.99. The summed E-state index contributed by atoms with van der Waals surface area (Å²) in [6, 6.07) is 10.1. The molecule has 0 fully saturated rings. The van der Waals surface area contributed by atoms with Gasteiger partial charge >= 0.3 is 0 Å². The smallest absolute Gasteiger partial charge is 0.124 e. The third-order valence-electron chi connectivity index (χ3n) is 2.12. The Labute approximate surface area is 97.7 Å². The normalized spacial score (nSPS) is 10.4. The van der Waals surface area contributed by atoms with Crippen LogP contribution in [-0.4, -0.2) is 4.98 Å². The lowest BCUT2D eigenvalue weighted by Gasteiger charge is -2.03. The van der Waals surface area contributed by atoms with Gasteiger partial charge in [0.25, 0.3) is 0 Å². The van der Waals surface area contributed by atoms with Crippen molar-refractivity contribution in [2.24, 2.45) is 0 Å². The maximum atomic E-state index is 13.0. The van der Waals surface area contributed by atoms with Gasteiger partial charge in [-0.1, -0.05) is 17.8 Å². The summed E-state index contributed by atoms with van der Waals surface area (Å²) < 4.78 is 13.0. The highest BCUT2D eigenvalue weighted by Gasteiger charge is 2.02. The average Bonchev–Trinajstić information content (AvgIpc) is 2.24. The van der Waals surface area contributed by atoms with Crippen molar-refractivity contribution in [2.75, 3.05) is 5.73 Å². The summed E-state index contributed by atoms with van der Waals surface area (Å²) in [5, 5.41) is 0.817. The van der Waals surface area contributed by atoms with Crippen LogP contribution in [0.25, 0.3) is 0 Å². The molecule has 0 aliphatic rings. The molecule has 0 aliphatic carbocycles. The van der Waals surface area contributed by atoms with Crippen LogP contribution in [0.1, 0.15) is 5.69 Å². The molecule has 2 N–H and O–H groups in total. The number of aromatic nitrogens is 1. The molecule has 0 aliphatic heterocycles. The van der Waals surface area contributed by atoms with Crippen LogP contribution in [-0.2, 0) is 0 Å². The van der Waals surface area contributed by atoms with E-state index in [0.29, 0.717) is 5.69 Å². The first kappa shape index (κ1) is 11.0. The molecule has 2 aromatic rings. The van der Waals surface area contributed by atoms with Crippen LogP contribution in [0, 0.1) is 12.7 Å². The molecule has 0 saturated carbocycles. The Morgan fingerprint density at radius 2 is 2.06 bits per heavy atom. The molecule has 0 bridgehead atoms. The zero-order valence-corrected chi connectivity index (χ0v) is 9.59. The molecule has 1 aromatic carbocycles. The van der Waals surface area contributed by atoms with E-state index >= 15 is 0 Å². The largest absolute Gasteiger partial charge is 0.397 e. The molecule has 2 rings (SSSR count). The van der Waals surface area contributed by atoms with Crippen molar-refractivity contribution in [1.82, 2.24) is 4.98 Å². The van der Waals surface area contributed by atoms with Crippen LogP contribution in [0.15, 0.2) is 46.3 Å². The molecular weight excluding hydrogens is 223 g/mol. The van der Waals surface area contributed by atoms with Crippen molar-refractivity contribution < 1.29 is 4.39 Å². The molecule has 0 spiro atoms. The Bertz CT molecular complexity index is 514. The maximum Gasteiger partial charge on any atom is 0.124 e. The predicted octanol–water partition coefficient (Wildman–Crippen LogP) is 3.26. The molecule has 0 amide bonds. The second-order valence-electron chi connectivity index (χ2n) is 3.38. The SMILES string of the molecule is Cc1nc(Sc2cccc(F)c2)ccc1N. The molecule has 1 aromatic heterocycles. The lowest BCUT2D eigenvalue weighted by Crippen LogP contribution is -1.93. The van der Waals surface area contributed by atoms with Gasteiger partial charge < -0.3 is 5.73 Å². The van der Waals surface area contributed by atoms with E-state index in [9.17, 15) is 4.39 Å². The number of anilines is 1. The van der Waals surface area contributed by atoms with Crippen LogP contribution >= 0.6 is 11.8 Å². The summed E-state index contributed by atoms with van der Waals surface area (Å²) in [5.74, 6) is -0.239. The number of nitrogens with zero attached hydrogens (tertiary/aromatic N) is 1. The zero-order valence-electron chi connectivity index (χ0n) is 8.77. The minimum absolute atomic E-state index is 0.239. The number of pyridine rings is 1. The lowest BCUT2D eigenvalue weighted by atomic mass is 10.3. The molecule has 0 saturated heterocycles. The van der Waals surface area contributed by atoms with Gasteiger partial charge in [0, 0.05) is 4.90 Å². The van der Waals surface area contributed by atoms with Gasteiger partial charge in [0.1, 0.15) is 10.8 Å². The van der Waals surface area contributed by atoms with Crippen molar-refractivity contribution in [3.63, 3.8) is 0 Å². The third kappa shape index (κ3) is 2.52. The Morgan fingerprint density at radius 3 is 2.75 bits per heavy atom. The Kier molecular flexibility index (Phi) is 3.10. The number of hydrogen-bond donors (Lipinski definition) is 1.